The number of benzene rings is 1. The van der Waals surface area contributed by atoms with Gasteiger partial charge in [0.1, 0.15) is 23.7 Å². The molecular weight excluding hydrogens is 292 g/mol. The summed E-state index contributed by atoms with van der Waals surface area (Å²) < 4.78 is 27.7. The number of nitrogens with one attached hydrogen (secondary N) is 1. The molecule has 0 spiro atoms. The third-order valence-corrected chi connectivity index (χ3v) is 2.73. The SMILES string of the molecule is O=C(Nc1cc(F)cc(F)c1)c1ccnc(-n2ccnc2)n1. The van der Waals surface area contributed by atoms with E-state index in [0.29, 0.717) is 0 Å². The second-order valence-corrected chi connectivity index (χ2v) is 4.32. The highest BCUT2D eigenvalue weighted by atomic mass is 19.1. The third kappa shape index (κ3) is 2.95. The van der Waals surface area contributed by atoms with Crippen molar-refractivity contribution in [3.8, 4) is 5.95 Å². The molecule has 0 fully saturated rings. The number of carbonyl (C=O) groups is 1. The molecule has 1 aromatic carbocycles. The van der Waals surface area contributed by atoms with Crippen LogP contribution in [-0.4, -0.2) is 25.4 Å². The smallest absolute Gasteiger partial charge is 0.274 e. The van der Waals surface area contributed by atoms with Gasteiger partial charge in [-0.15, -0.1) is 0 Å². The van der Waals surface area contributed by atoms with Crippen molar-refractivity contribution in [3.05, 3.63) is 66.5 Å². The lowest BCUT2D eigenvalue weighted by Gasteiger charge is -2.06. The van der Waals surface area contributed by atoms with E-state index in [0.717, 1.165) is 18.2 Å². The zero-order valence-corrected chi connectivity index (χ0v) is 11.1. The van der Waals surface area contributed by atoms with Gasteiger partial charge in [-0.1, -0.05) is 0 Å². The highest BCUT2D eigenvalue weighted by molar-refractivity contribution is 6.02. The van der Waals surface area contributed by atoms with Crippen molar-refractivity contribution < 1.29 is 13.6 Å². The van der Waals surface area contributed by atoms with E-state index in [1.54, 1.807) is 12.4 Å². The normalized spacial score (nSPS) is 10.5. The van der Waals surface area contributed by atoms with Crippen LogP contribution in [0.4, 0.5) is 14.5 Å². The maximum Gasteiger partial charge on any atom is 0.274 e. The quantitative estimate of drug-likeness (QED) is 0.805. The standard InChI is InChI=1S/C14H9F2N5O/c15-9-5-10(16)7-11(6-9)19-13(22)12-1-2-18-14(20-12)21-4-3-17-8-21/h1-8H,(H,19,22). The molecule has 0 aliphatic heterocycles. The summed E-state index contributed by atoms with van der Waals surface area (Å²) in [6, 6.07) is 4.14. The number of nitrogens with zero attached hydrogens (tertiary/aromatic N) is 4. The van der Waals surface area contributed by atoms with E-state index in [1.165, 1.54) is 23.2 Å². The summed E-state index contributed by atoms with van der Waals surface area (Å²) in [4.78, 5) is 24.0. The van der Waals surface area contributed by atoms with Crippen LogP contribution in [0.25, 0.3) is 5.95 Å². The molecular formula is C14H9F2N5O. The van der Waals surface area contributed by atoms with Crippen molar-refractivity contribution in [2.75, 3.05) is 5.32 Å². The largest absolute Gasteiger partial charge is 0.320 e. The topological polar surface area (TPSA) is 72.7 Å². The highest BCUT2D eigenvalue weighted by Gasteiger charge is 2.11. The predicted molar refractivity (Wildman–Crippen MR) is 73.5 cm³/mol. The Morgan fingerprint density at radius 3 is 2.59 bits per heavy atom. The number of hydrogen-bond donors (Lipinski definition) is 1. The Morgan fingerprint density at radius 1 is 1.14 bits per heavy atom. The molecule has 6 nitrogen and oxygen atoms in total. The Kier molecular flexibility index (Phi) is 3.57. The van der Waals surface area contributed by atoms with Crippen LogP contribution in [-0.2, 0) is 0 Å². The van der Waals surface area contributed by atoms with Gasteiger partial charge in [0.05, 0.1) is 0 Å². The number of rotatable bonds is 3. The van der Waals surface area contributed by atoms with Gasteiger partial charge in [-0.05, 0) is 18.2 Å². The Bertz CT molecular complexity index is 800. The first-order valence-corrected chi connectivity index (χ1v) is 6.20. The second-order valence-electron chi connectivity index (χ2n) is 4.32. The van der Waals surface area contributed by atoms with Gasteiger partial charge >= 0.3 is 0 Å². The van der Waals surface area contributed by atoms with Crippen LogP contribution in [0.5, 0.6) is 0 Å². The van der Waals surface area contributed by atoms with E-state index in [-0.39, 0.29) is 17.3 Å². The van der Waals surface area contributed by atoms with Crippen molar-refractivity contribution in [3.63, 3.8) is 0 Å². The number of aromatic nitrogens is 4. The van der Waals surface area contributed by atoms with Gasteiger partial charge in [0.15, 0.2) is 0 Å². The van der Waals surface area contributed by atoms with Gasteiger partial charge in [-0.25, -0.2) is 23.7 Å². The number of anilines is 1. The number of hydrogen-bond acceptors (Lipinski definition) is 4. The van der Waals surface area contributed by atoms with Gasteiger partial charge < -0.3 is 5.32 Å². The predicted octanol–water partition coefficient (Wildman–Crippen LogP) is 2.19. The Labute approximate surface area is 123 Å². The minimum Gasteiger partial charge on any atom is -0.320 e. The van der Waals surface area contributed by atoms with Crippen LogP contribution < -0.4 is 5.32 Å². The maximum atomic E-state index is 13.1. The number of amides is 1. The van der Waals surface area contributed by atoms with Gasteiger partial charge in [0.25, 0.3) is 5.91 Å². The third-order valence-electron chi connectivity index (χ3n) is 2.73. The van der Waals surface area contributed by atoms with E-state index in [1.807, 2.05) is 0 Å². The maximum absolute atomic E-state index is 13.1. The molecule has 8 heteroatoms. The Hall–Kier alpha value is -3.16. The molecule has 0 aliphatic rings. The van der Waals surface area contributed by atoms with Crippen LogP contribution in [0.15, 0.2) is 49.2 Å². The highest BCUT2D eigenvalue weighted by Crippen LogP contribution is 2.14. The summed E-state index contributed by atoms with van der Waals surface area (Å²) in [5, 5.41) is 2.38. The molecule has 3 rings (SSSR count). The molecule has 22 heavy (non-hydrogen) atoms. The van der Waals surface area contributed by atoms with E-state index < -0.39 is 17.5 Å². The fraction of sp³-hybridized carbons (Fsp3) is 0. The first kappa shape index (κ1) is 13.8. The van der Waals surface area contributed by atoms with Gasteiger partial charge in [-0.2, -0.15) is 0 Å². The van der Waals surface area contributed by atoms with Crippen LogP contribution in [0.3, 0.4) is 0 Å². The summed E-state index contributed by atoms with van der Waals surface area (Å²) in [6.45, 7) is 0. The lowest BCUT2D eigenvalue weighted by molar-refractivity contribution is 0.102. The molecule has 0 saturated carbocycles. The fourth-order valence-electron chi connectivity index (χ4n) is 1.80. The summed E-state index contributed by atoms with van der Waals surface area (Å²) in [7, 11) is 0. The van der Waals surface area contributed by atoms with Crippen molar-refractivity contribution in [2.24, 2.45) is 0 Å². The number of halogens is 2. The van der Waals surface area contributed by atoms with Crippen molar-refractivity contribution in [1.82, 2.24) is 19.5 Å². The average molecular weight is 301 g/mol. The second kappa shape index (κ2) is 5.68. The van der Waals surface area contributed by atoms with Crippen LogP contribution >= 0.6 is 0 Å². The van der Waals surface area contributed by atoms with Gasteiger partial charge in [0.2, 0.25) is 5.95 Å². The molecule has 110 valence electrons. The fourth-order valence-corrected chi connectivity index (χ4v) is 1.80. The van der Waals surface area contributed by atoms with E-state index in [4.69, 9.17) is 0 Å². The number of carbonyl (C=O) groups excluding carboxylic acids is 1. The average Bonchev–Trinajstić information content (AvgIpc) is 3.00. The summed E-state index contributed by atoms with van der Waals surface area (Å²) >= 11 is 0. The van der Waals surface area contributed by atoms with Crippen molar-refractivity contribution >= 4 is 11.6 Å². The zero-order valence-electron chi connectivity index (χ0n) is 11.1. The molecule has 2 aromatic heterocycles. The monoisotopic (exact) mass is 301 g/mol. The molecule has 0 bridgehead atoms. The van der Waals surface area contributed by atoms with Crippen LogP contribution in [0.1, 0.15) is 10.5 Å². The number of imidazole rings is 1. The molecule has 0 radical (unpaired) electrons. The van der Waals surface area contributed by atoms with Gasteiger partial charge in [0, 0.05) is 30.3 Å². The van der Waals surface area contributed by atoms with E-state index in [9.17, 15) is 13.6 Å². The molecule has 3 aromatic rings. The first-order valence-electron chi connectivity index (χ1n) is 6.20. The van der Waals surface area contributed by atoms with Crippen LogP contribution in [0.2, 0.25) is 0 Å². The summed E-state index contributed by atoms with van der Waals surface area (Å²) in [5.74, 6) is -1.90. The van der Waals surface area contributed by atoms with Crippen molar-refractivity contribution in [1.29, 1.82) is 0 Å². The lowest BCUT2D eigenvalue weighted by Crippen LogP contribution is -2.15. The molecule has 0 saturated heterocycles. The van der Waals surface area contributed by atoms with Crippen LogP contribution in [0, 0.1) is 11.6 Å². The molecule has 2 heterocycles. The summed E-state index contributed by atoms with van der Waals surface area (Å²) in [5.41, 5.74) is 0.0636. The van der Waals surface area contributed by atoms with Crippen molar-refractivity contribution in [2.45, 2.75) is 0 Å². The molecule has 1 N–H and O–H groups in total. The minimum absolute atomic E-state index is 0.00490. The lowest BCUT2D eigenvalue weighted by atomic mass is 10.3. The molecule has 0 aliphatic carbocycles. The summed E-state index contributed by atoms with van der Waals surface area (Å²) in [6.07, 6.45) is 6.06. The minimum atomic E-state index is -0.780. The van der Waals surface area contributed by atoms with E-state index in [2.05, 4.69) is 20.3 Å². The first-order chi connectivity index (χ1) is 10.6. The Balaban J connectivity index is 1.85. The zero-order chi connectivity index (χ0) is 15.5. The van der Waals surface area contributed by atoms with Gasteiger partial charge in [-0.3, -0.25) is 9.36 Å². The molecule has 0 unspecified atom stereocenters. The van der Waals surface area contributed by atoms with E-state index >= 15 is 0 Å². The molecule has 0 atom stereocenters. The molecule has 1 amide bonds. The Morgan fingerprint density at radius 2 is 1.91 bits per heavy atom.